The van der Waals surface area contributed by atoms with Crippen LogP contribution in [-0.4, -0.2) is 20.9 Å². The van der Waals surface area contributed by atoms with Gasteiger partial charge in [-0.05, 0) is 49.2 Å². The number of aromatic nitrogens is 3. The van der Waals surface area contributed by atoms with Crippen molar-refractivity contribution in [1.82, 2.24) is 20.4 Å². The summed E-state index contributed by atoms with van der Waals surface area (Å²) in [5.74, 6) is 0.614. The second-order valence-electron chi connectivity index (χ2n) is 5.58. The summed E-state index contributed by atoms with van der Waals surface area (Å²) >= 11 is 0. The highest BCUT2D eigenvalue weighted by molar-refractivity contribution is 5.93. The molecule has 0 atom stereocenters. The third-order valence-corrected chi connectivity index (χ3v) is 3.73. The van der Waals surface area contributed by atoms with Crippen molar-refractivity contribution < 1.29 is 9.53 Å². The number of rotatable bonds is 5. The van der Waals surface area contributed by atoms with Crippen LogP contribution in [0.5, 0.6) is 11.6 Å². The van der Waals surface area contributed by atoms with E-state index in [2.05, 4.69) is 25.8 Å². The molecule has 0 aliphatic rings. The molecule has 2 aromatic heterocycles. The Bertz CT molecular complexity index is 930. The molecular weight excluding hydrogens is 332 g/mol. The van der Waals surface area contributed by atoms with Gasteiger partial charge in [-0.2, -0.15) is 4.98 Å². The maximum absolute atomic E-state index is 12.0. The Balaban J connectivity index is 1.72. The fourth-order valence-electron chi connectivity index (χ4n) is 2.13. The number of nitrogens with zero attached hydrogens (tertiary/aromatic N) is 3. The first-order valence-corrected chi connectivity index (χ1v) is 7.87. The zero-order valence-corrected chi connectivity index (χ0v) is 14.4. The van der Waals surface area contributed by atoms with Gasteiger partial charge in [0, 0.05) is 6.20 Å². The predicted octanol–water partition coefficient (Wildman–Crippen LogP) is 2.62. The van der Waals surface area contributed by atoms with E-state index in [0.717, 1.165) is 11.1 Å². The summed E-state index contributed by atoms with van der Waals surface area (Å²) in [6.07, 6.45) is 2.82. The Morgan fingerprint density at radius 1 is 1.08 bits per heavy atom. The minimum absolute atomic E-state index is 0.173. The standard InChI is InChI=1S/C18H18N6O2/c1-11-6-7-13(9-12(11)2)26-18-15(19)16(21-10-22-18)23-24-17(25)14-5-3-4-8-20-14/h3-10H,19H2,1-2H3,(H,24,25)(H,21,22,23). The number of hydrogen-bond acceptors (Lipinski definition) is 7. The Kier molecular flexibility index (Phi) is 4.93. The van der Waals surface area contributed by atoms with E-state index in [9.17, 15) is 4.79 Å². The van der Waals surface area contributed by atoms with Crippen LogP contribution in [0.15, 0.2) is 48.9 Å². The van der Waals surface area contributed by atoms with Gasteiger partial charge in [-0.3, -0.25) is 20.6 Å². The minimum atomic E-state index is -0.416. The summed E-state index contributed by atoms with van der Waals surface area (Å²) < 4.78 is 5.74. The number of nitrogen functional groups attached to an aromatic ring is 1. The Hall–Kier alpha value is -3.68. The second-order valence-corrected chi connectivity index (χ2v) is 5.58. The maximum atomic E-state index is 12.0. The van der Waals surface area contributed by atoms with Crippen molar-refractivity contribution in [3.63, 3.8) is 0 Å². The molecule has 8 nitrogen and oxygen atoms in total. The lowest BCUT2D eigenvalue weighted by molar-refractivity contribution is 0.0957. The zero-order chi connectivity index (χ0) is 18.5. The van der Waals surface area contributed by atoms with Gasteiger partial charge in [0.05, 0.1) is 0 Å². The molecule has 1 amide bonds. The van der Waals surface area contributed by atoms with Crippen molar-refractivity contribution in [2.45, 2.75) is 13.8 Å². The van der Waals surface area contributed by atoms with E-state index < -0.39 is 5.91 Å². The number of aryl methyl sites for hydroxylation is 2. The van der Waals surface area contributed by atoms with Gasteiger partial charge in [-0.1, -0.05) is 12.1 Å². The van der Waals surface area contributed by atoms with Crippen LogP contribution in [0.4, 0.5) is 11.5 Å². The summed E-state index contributed by atoms with van der Waals surface area (Å²) in [5, 5.41) is 0. The van der Waals surface area contributed by atoms with Crippen LogP contribution in [0, 0.1) is 13.8 Å². The first-order chi connectivity index (χ1) is 12.5. The van der Waals surface area contributed by atoms with Crippen LogP contribution < -0.4 is 21.3 Å². The normalized spacial score (nSPS) is 10.2. The van der Waals surface area contributed by atoms with E-state index in [0.29, 0.717) is 5.75 Å². The van der Waals surface area contributed by atoms with Gasteiger partial charge >= 0.3 is 0 Å². The van der Waals surface area contributed by atoms with E-state index in [1.807, 2.05) is 32.0 Å². The van der Waals surface area contributed by atoms with E-state index >= 15 is 0 Å². The second kappa shape index (κ2) is 7.47. The summed E-state index contributed by atoms with van der Waals surface area (Å²) in [6, 6.07) is 10.7. The van der Waals surface area contributed by atoms with Crippen molar-refractivity contribution in [2.75, 3.05) is 11.2 Å². The van der Waals surface area contributed by atoms with Gasteiger partial charge in [0.1, 0.15) is 23.5 Å². The molecular formula is C18H18N6O2. The number of hydrazine groups is 1. The number of ether oxygens (including phenoxy) is 1. The smallest absolute Gasteiger partial charge is 0.288 e. The number of anilines is 2. The molecule has 0 unspecified atom stereocenters. The van der Waals surface area contributed by atoms with E-state index in [4.69, 9.17) is 10.5 Å². The van der Waals surface area contributed by atoms with Crippen molar-refractivity contribution >= 4 is 17.4 Å². The number of hydrogen-bond donors (Lipinski definition) is 3. The van der Waals surface area contributed by atoms with E-state index in [1.165, 1.54) is 12.5 Å². The zero-order valence-electron chi connectivity index (χ0n) is 14.4. The Morgan fingerprint density at radius 2 is 1.92 bits per heavy atom. The minimum Gasteiger partial charge on any atom is -0.437 e. The molecule has 1 aromatic carbocycles. The van der Waals surface area contributed by atoms with Crippen molar-refractivity contribution in [3.05, 3.63) is 65.7 Å². The summed E-state index contributed by atoms with van der Waals surface area (Å²) in [4.78, 5) is 24.0. The average molecular weight is 350 g/mol. The molecule has 0 radical (unpaired) electrons. The molecule has 0 fully saturated rings. The van der Waals surface area contributed by atoms with Gasteiger partial charge in [-0.25, -0.2) is 4.98 Å². The number of nitrogens with one attached hydrogen (secondary N) is 2. The van der Waals surface area contributed by atoms with E-state index in [1.54, 1.807) is 18.2 Å². The average Bonchev–Trinajstić information content (AvgIpc) is 2.66. The summed E-state index contributed by atoms with van der Waals surface area (Å²) in [6.45, 7) is 4.01. The third-order valence-electron chi connectivity index (χ3n) is 3.73. The highest BCUT2D eigenvalue weighted by Crippen LogP contribution is 2.29. The number of pyridine rings is 1. The fourth-order valence-corrected chi connectivity index (χ4v) is 2.13. The van der Waals surface area contributed by atoms with Gasteiger partial charge in [0.15, 0.2) is 5.82 Å². The molecule has 0 spiro atoms. The van der Waals surface area contributed by atoms with Crippen molar-refractivity contribution in [2.24, 2.45) is 0 Å². The molecule has 0 bridgehead atoms. The maximum Gasteiger partial charge on any atom is 0.288 e. The lowest BCUT2D eigenvalue weighted by atomic mass is 10.1. The SMILES string of the molecule is Cc1ccc(Oc2ncnc(NNC(=O)c3ccccn3)c2N)cc1C. The van der Waals surface area contributed by atoms with Gasteiger partial charge in [-0.15, -0.1) is 0 Å². The molecule has 0 saturated heterocycles. The molecule has 0 saturated carbocycles. The molecule has 8 heteroatoms. The number of amides is 1. The summed E-state index contributed by atoms with van der Waals surface area (Å²) in [5.41, 5.74) is 13.9. The molecule has 2 heterocycles. The van der Waals surface area contributed by atoms with Gasteiger partial charge in [0.2, 0.25) is 5.88 Å². The topological polar surface area (TPSA) is 115 Å². The molecule has 3 rings (SSSR count). The number of carbonyl (C=O) groups is 1. The molecule has 0 aliphatic heterocycles. The summed E-state index contributed by atoms with van der Waals surface area (Å²) in [7, 11) is 0. The molecule has 3 aromatic rings. The monoisotopic (exact) mass is 350 g/mol. The first-order valence-electron chi connectivity index (χ1n) is 7.87. The number of benzene rings is 1. The number of carbonyl (C=O) groups excluding carboxylic acids is 1. The molecule has 0 aliphatic carbocycles. The first kappa shape index (κ1) is 17.2. The highest BCUT2D eigenvalue weighted by atomic mass is 16.5. The largest absolute Gasteiger partial charge is 0.437 e. The van der Waals surface area contributed by atoms with Gasteiger partial charge < -0.3 is 10.5 Å². The highest BCUT2D eigenvalue weighted by Gasteiger charge is 2.12. The van der Waals surface area contributed by atoms with Crippen LogP contribution in [0.2, 0.25) is 0 Å². The molecule has 132 valence electrons. The van der Waals surface area contributed by atoms with Crippen molar-refractivity contribution in [3.8, 4) is 11.6 Å². The van der Waals surface area contributed by atoms with Gasteiger partial charge in [0.25, 0.3) is 5.91 Å². The Labute approximate surface area is 150 Å². The fraction of sp³-hybridized carbons (Fsp3) is 0.111. The Morgan fingerprint density at radius 3 is 2.65 bits per heavy atom. The van der Waals surface area contributed by atoms with Crippen molar-refractivity contribution in [1.29, 1.82) is 0 Å². The van der Waals surface area contributed by atoms with Crippen LogP contribution in [0.25, 0.3) is 0 Å². The van der Waals surface area contributed by atoms with Crippen LogP contribution in [0.3, 0.4) is 0 Å². The molecule has 4 N–H and O–H groups in total. The quantitative estimate of drug-likeness (QED) is 0.606. The lowest BCUT2D eigenvalue weighted by Gasteiger charge is -2.13. The lowest BCUT2D eigenvalue weighted by Crippen LogP contribution is -2.30. The van der Waals surface area contributed by atoms with Crippen LogP contribution in [-0.2, 0) is 0 Å². The predicted molar refractivity (Wildman–Crippen MR) is 97.8 cm³/mol. The molecule has 26 heavy (non-hydrogen) atoms. The number of nitrogens with two attached hydrogens (primary N) is 1. The van der Waals surface area contributed by atoms with Crippen LogP contribution in [0.1, 0.15) is 21.6 Å². The van der Waals surface area contributed by atoms with Crippen LogP contribution >= 0.6 is 0 Å². The van der Waals surface area contributed by atoms with E-state index in [-0.39, 0.29) is 23.1 Å². The third kappa shape index (κ3) is 3.86.